The van der Waals surface area contributed by atoms with Crippen molar-refractivity contribution in [2.75, 3.05) is 20.6 Å². The highest BCUT2D eigenvalue weighted by atomic mass is 35.5. The van der Waals surface area contributed by atoms with Crippen LogP contribution >= 0.6 is 24.0 Å². The number of rotatable bonds is 6. The van der Waals surface area contributed by atoms with E-state index < -0.39 is 15.9 Å². The number of nitrogens with two attached hydrogens (primary N) is 1. The molecule has 1 aromatic heterocycles. The van der Waals surface area contributed by atoms with Gasteiger partial charge in [-0.15, -0.1) is 12.4 Å². The molecule has 0 aliphatic heterocycles. The molecule has 0 unspecified atom stereocenters. The smallest absolute Gasteiger partial charge is 0.242 e. The van der Waals surface area contributed by atoms with Gasteiger partial charge in [0.15, 0.2) is 0 Å². The van der Waals surface area contributed by atoms with E-state index >= 15 is 0 Å². The fourth-order valence-corrected chi connectivity index (χ4v) is 3.64. The maximum absolute atomic E-state index is 13.7. The molecule has 0 aliphatic rings. The molecule has 144 valence electrons. The minimum Gasteiger partial charge on any atom is -0.327 e. The Bertz CT molecular complexity index is 911. The Kier molecular flexibility index (Phi) is 7.79. The predicted molar refractivity (Wildman–Crippen MR) is 104 cm³/mol. The summed E-state index contributed by atoms with van der Waals surface area (Å²) >= 11 is 6.35. The van der Waals surface area contributed by atoms with Gasteiger partial charge in [-0.05, 0) is 30.7 Å². The molecule has 2 aromatic rings. The number of benzene rings is 1. The fourth-order valence-electron chi connectivity index (χ4n) is 2.34. The van der Waals surface area contributed by atoms with E-state index in [1.807, 2.05) is 0 Å². The van der Waals surface area contributed by atoms with Gasteiger partial charge < -0.3 is 5.73 Å². The highest BCUT2D eigenvalue weighted by Crippen LogP contribution is 2.33. The van der Waals surface area contributed by atoms with Crippen molar-refractivity contribution < 1.29 is 12.8 Å². The molecule has 0 bridgehead atoms. The molecule has 26 heavy (non-hydrogen) atoms. The molecule has 0 radical (unpaired) electrons. The molecule has 0 saturated heterocycles. The monoisotopic (exact) mass is 422 g/mol. The van der Waals surface area contributed by atoms with Crippen LogP contribution in [0.4, 0.5) is 4.39 Å². The van der Waals surface area contributed by atoms with E-state index in [9.17, 15) is 12.8 Å². The molecule has 0 spiro atoms. The van der Waals surface area contributed by atoms with Gasteiger partial charge in [0, 0.05) is 26.2 Å². The molecular formula is C16H21Cl2FN4O2S. The average Bonchev–Trinajstić information content (AvgIpc) is 2.81. The second-order valence-corrected chi connectivity index (χ2v) is 8.12. The van der Waals surface area contributed by atoms with E-state index in [0.29, 0.717) is 16.8 Å². The maximum atomic E-state index is 13.7. The minimum absolute atomic E-state index is 0. The van der Waals surface area contributed by atoms with Gasteiger partial charge in [0.1, 0.15) is 11.0 Å². The highest BCUT2D eigenvalue weighted by molar-refractivity contribution is 7.89. The van der Waals surface area contributed by atoms with Gasteiger partial charge in [0.2, 0.25) is 10.0 Å². The molecular weight excluding hydrogens is 402 g/mol. The molecule has 2 N–H and O–H groups in total. The van der Waals surface area contributed by atoms with Gasteiger partial charge in [-0.2, -0.15) is 5.10 Å². The van der Waals surface area contributed by atoms with Crippen molar-refractivity contribution in [1.82, 2.24) is 14.1 Å². The zero-order valence-corrected chi connectivity index (χ0v) is 17.0. The Morgan fingerprint density at radius 3 is 2.65 bits per heavy atom. The quantitative estimate of drug-likeness (QED) is 0.775. The fraction of sp³-hybridized carbons (Fsp3) is 0.312. The standard InChI is InChI=1S/C16H20ClFN4O2S.ClH/c1-11-15(16(17)22(20-11)10-13(18)7-8-19)12-5-4-6-14(9-12)25(23,24)21(2)3;/h4-7,9H,8,10,19H2,1-3H3;1H/b13-7-;. The zero-order valence-electron chi connectivity index (χ0n) is 14.6. The molecule has 0 fully saturated rings. The third-order valence-corrected chi connectivity index (χ3v) is 5.80. The third-order valence-electron chi connectivity index (χ3n) is 3.61. The Morgan fingerprint density at radius 2 is 2.08 bits per heavy atom. The molecule has 10 heteroatoms. The molecule has 2 rings (SSSR count). The highest BCUT2D eigenvalue weighted by Gasteiger charge is 2.21. The summed E-state index contributed by atoms with van der Waals surface area (Å²) in [4.78, 5) is 0.146. The first-order chi connectivity index (χ1) is 11.7. The number of nitrogens with zero attached hydrogens (tertiary/aromatic N) is 3. The van der Waals surface area contributed by atoms with Crippen LogP contribution < -0.4 is 5.73 Å². The number of hydrogen-bond donors (Lipinski definition) is 1. The summed E-state index contributed by atoms with van der Waals surface area (Å²) in [6, 6.07) is 6.41. The topological polar surface area (TPSA) is 81.2 Å². The van der Waals surface area contributed by atoms with Crippen molar-refractivity contribution in [2.24, 2.45) is 5.73 Å². The van der Waals surface area contributed by atoms with Crippen molar-refractivity contribution in [3.05, 3.63) is 47.0 Å². The maximum Gasteiger partial charge on any atom is 0.242 e. The second-order valence-electron chi connectivity index (χ2n) is 5.61. The molecule has 1 aromatic carbocycles. The van der Waals surface area contributed by atoms with Crippen LogP contribution in [0.15, 0.2) is 41.1 Å². The van der Waals surface area contributed by atoms with Gasteiger partial charge in [-0.25, -0.2) is 21.8 Å². The SMILES string of the molecule is Cc1nn(C/C(F)=C/CN)c(Cl)c1-c1cccc(S(=O)(=O)N(C)C)c1.Cl. The normalized spacial score (nSPS) is 12.3. The van der Waals surface area contributed by atoms with E-state index in [2.05, 4.69) is 5.10 Å². The van der Waals surface area contributed by atoms with Crippen LogP contribution in [0.5, 0.6) is 0 Å². The summed E-state index contributed by atoms with van der Waals surface area (Å²) < 4.78 is 40.8. The Labute approximate surface area is 163 Å². The van der Waals surface area contributed by atoms with Crippen LogP contribution in [0, 0.1) is 6.92 Å². The van der Waals surface area contributed by atoms with Crippen LogP contribution in [-0.2, 0) is 16.6 Å². The van der Waals surface area contributed by atoms with E-state index in [-0.39, 0.29) is 35.5 Å². The number of allylic oxidation sites excluding steroid dienone is 1. The molecule has 0 atom stereocenters. The first-order valence-electron chi connectivity index (χ1n) is 7.49. The van der Waals surface area contributed by atoms with Gasteiger partial charge in [0.05, 0.1) is 17.1 Å². The summed E-state index contributed by atoms with van der Waals surface area (Å²) in [7, 11) is -0.646. The zero-order chi connectivity index (χ0) is 18.8. The van der Waals surface area contributed by atoms with E-state index in [1.165, 1.54) is 37.0 Å². The molecule has 0 amide bonds. The predicted octanol–water partition coefficient (Wildman–Crippen LogP) is 3.00. The minimum atomic E-state index is -3.57. The van der Waals surface area contributed by atoms with Gasteiger partial charge in [-0.1, -0.05) is 23.7 Å². The lowest BCUT2D eigenvalue weighted by Crippen LogP contribution is -2.22. The Hall–Kier alpha value is -1.45. The number of aryl methyl sites for hydroxylation is 1. The summed E-state index contributed by atoms with van der Waals surface area (Å²) in [6.45, 7) is 1.68. The summed E-state index contributed by atoms with van der Waals surface area (Å²) in [5.74, 6) is -0.442. The van der Waals surface area contributed by atoms with Crippen LogP contribution in [0.2, 0.25) is 5.15 Å². The molecule has 0 saturated carbocycles. The lowest BCUT2D eigenvalue weighted by atomic mass is 10.1. The second kappa shape index (κ2) is 8.96. The van der Waals surface area contributed by atoms with Crippen molar-refractivity contribution in [2.45, 2.75) is 18.4 Å². The van der Waals surface area contributed by atoms with Crippen LogP contribution in [0.3, 0.4) is 0 Å². The van der Waals surface area contributed by atoms with Crippen molar-refractivity contribution in [1.29, 1.82) is 0 Å². The largest absolute Gasteiger partial charge is 0.327 e. The Balaban J connectivity index is 0.00000338. The third kappa shape index (κ3) is 4.63. The van der Waals surface area contributed by atoms with Gasteiger partial charge >= 0.3 is 0 Å². The summed E-state index contributed by atoms with van der Waals surface area (Å²) in [6.07, 6.45) is 1.25. The number of halogens is 3. The van der Waals surface area contributed by atoms with E-state index in [4.69, 9.17) is 17.3 Å². The first-order valence-corrected chi connectivity index (χ1v) is 9.30. The van der Waals surface area contributed by atoms with Crippen LogP contribution in [0.1, 0.15) is 5.69 Å². The lowest BCUT2D eigenvalue weighted by Gasteiger charge is -2.12. The average molecular weight is 423 g/mol. The van der Waals surface area contributed by atoms with Crippen LogP contribution in [-0.4, -0.2) is 43.1 Å². The first kappa shape index (κ1) is 22.6. The molecule has 1 heterocycles. The number of hydrogen-bond acceptors (Lipinski definition) is 4. The van der Waals surface area contributed by atoms with E-state index in [1.54, 1.807) is 19.1 Å². The molecule has 0 aliphatic carbocycles. The van der Waals surface area contributed by atoms with Crippen molar-refractivity contribution in [3.63, 3.8) is 0 Å². The van der Waals surface area contributed by atoms with E-state index in [0.717, 1.165) is 4.31 Å². The van der Waals surface area contributed by atoms with Crippen LogP contribution in [0.25, 0.3) is 11.1 Å². The molecule has 6 nitrogen and oxygen atoms in total. The number of aromatic nitrogens is 2. The summed E-state index contributed by atoms with van der Waals surface area (Å²) in [5, 5.41) is 4.47. The van der Waals surface area contributed by atoms with Crippen molar-refractivity contribution in [3.8, 4) is 11.1 Å². The number of sulfonamides is 1. The van der Waals surface area contributed by atoms with Gasteiger partial charge in [0.25, 0.3) is 0 Å². The lowest BCUT2D eigenvalue weighted by molar-refractivity contribution is 0.520. The summed E-state index contributed by atoms with van der Waals surface area (Å²) in [5.41, 5.74) is 7.03. The van der Waals surface area contributed by atoms with Crippen molar-refractivity contribution >= 4 is 34.0 Å². The van der Waals surface area contributed by atoms with Gasteiger partial charge in [-0.3, -0.25) is 0 Å². The Morgan fingerprint density at radius 1 is 1.42 bits per heavy atom.